The summed E-state index contributed by atoms with van der Waals surface area (Å²) in [6.45, 7) is 1.94. The molecule has 2 heteroatoms. The highest BCUT2D eigenvalue weighted by atomic mass is 16.5. The van der Waals surface area contributed by atoms with Gasteiger partial charge in [0.25, 0.3) is 0 Å². The Morgan fingerprint density at radius 1 is 1.73 bits per heavy atom. The molecule has 1 aliphatic rings. The number of hydrogen-bond donors (Lipinski definition) is 0. The van der Waals surface area contributed by atoms with Gasteiger partial charge >= 0.3 is 0 Å². The van der Waals surface area contributed by atoms with E-state index in [-0.39, 0.29) is 11.5 Å². The Balaban J connectivity index is 2.77. The van der Waals surface area contributed by atoms with Crippen LogP contribution >= 0.6 is 0 Å². The highest BCUT2D eigenvalue weighted by Crippen LogP contribution is 2.31. The standard InChI is InChI=1S/C9H14O2/c1-9(7-10)6-4-3-5-8(9)11-2/h3,5,7-8H,4,6H2,1-2H3/t8-,9+/m0/s1. The van der Waals surface area contributed by atoms with Crippen molar-refractivity contribution in [2.75, 3.05) is 7.11 Å². The van der Waals surface area contributed by atoms with Gasteiger partial charge in [-0.3, -0.25) is 0 Å². The van der Waals surface area contributed by atoms with Gasteiger partial charge in [-0.15, -0.1) is 0 Å². The molecule has 0 aromatic heterocycles. The molecular weight excluding hydrogens is 140 g/mol. The van der Waals surface area contributed by atoms with Crippen molar-refractivity contribution in [1.82, 2.24) is 0 Å². The normalized spacial score (nSPS) is 37.1. The van der Waals surface area contributed by atoms with Gasteiger partial charge in [0, 0.05) is 7.11 Å². The number of methoxy groups -OCH3 is 1. The summed E-state index contributed by atoms with van der Waals surface area (Å²) in [5, 5.41) is 0. The van der Waals surface area contributed by atoms with Crippen molar-refractivity contribution < 1.29 is 9.53 Å². The number of aldehydes is 1. The highest BCUT2D eigenvalue weighted by Gasteiger charge is 2.33. The molecule has 0 aliphatic heterocycles. The van der Waals surface area contributed by atoms with Gasteiger partial charge in [-0.25, -0.2) is 0 Å². The molecule has 62 valence electrons. The van der Waals surface area contributed by atoms with Crippen molar-refractivity contribution in [2.24, 2.45) is 5.41 Å². The van der Waals surface area contributed by atoms with Crippen LogP contribution in [0.2, 0.25) is 0 Å². The lowest BCUT2D eigenvalue weighted by Crippen LogP contribution is -2.35. The summed E-state index contributed by atoms with van der Waals surface area (Å²) in [5.74, 6) is 0. The molecule has 1 rings (SSSR count). The van der Waals surface area contributed by atoms with Crippen LogP contribution < -0.4 is 0 Å². The first-order chi connectivity index (χ1) is 5.23. The van der Waals surface area contributed by atoms with E-state index in [1.54, 1.807) is 7.11 Å². The van der Waals surface area contributed by atoms with E-state index in [9.17, 15) is 4.79 Å². The van der Waals surface area contributed by atoms with Gasteiger partial charge in [-0.1, -0.05) is 19.1 Å². The minimum absolute atomic E-state index is 0.0336. The molecule has 0 aromatic carbocycles. The highest BCUT2D eigenvalue weighted by molar-refractivity contribution is 5.61. The summed E-state index contributed by atoms with van der Waals surface area (Å²) in [6.07, 6.45) is 6.89. The number of carbonyl (C=O) groups is 1. The molecule has 2 nitrogen and oxygen atoms in total. The number of hydrogen-bond acceptors (Lipinski definition) is 2. The predicted octanol–water partition coefficient (Wildman–Crippen LogP) is 1.56. The second-order valence-electron chi connectivity index (χ2n) is 3.25. The van der Waals surface area contributed by atoms with Gasteiger partial charge in [0.15, 0.2) is 0 Å². The van der Waals surface area contributed by atoms with Crippen LogP contribution in [0.15, 0.2) is 12.2 Å². The molecule has 0 radical (unpaired) electrons. The summed E-state index contributed by atoms with van der Waals surface area (Å²) in [5.41, 5.74) is -0.302. The number of rotatable bonds is 2. The molecule has 2 atom stereocenters. The van der Waals surface area contributed by atoms with Crippen molar-refractivity contribution in [1.29, 1.82) is 0 Å². The van der Waals surface area contributed by atoms with Crippen molar-refractivity contribution in [3.63, 3.8) is 0 Å². The largest absolute Gasteiger partial charge is 0.376 e. The van der Waals surface area contributed by atoms with E-state index in [1.807, 2.05) is 13.0 Å². The van der Waals surface area contributed by atoms with E-state index in [1.165, 1.54) is 0 Å². The molecule has 11 heavy (non-hydrogen) atoms. The van der Waals surface area contributed by atoms with E-state index in [0.29, 0.717) is 0 Å². The topological polar surface area (TPSA) is 26.3 Å². The zero-order valence-electron chi connectivity index (χ0n) is 7.04. The average molecular weight is 154 g/mol. The van der Waals surface area contributed by atoms with Gasteiger partial charge in [0.2, 0.25) is 0 Å². The molecule has 0 N–H and O–H groups in total. The maximum atomic E-state index is 10.7. The van der Waals surface area contributed by atoms with Crippen molar-refractivity contribution in [3.05, 3.63) is 12.2 Å². The zero-order chi connectivity index (χ0) is 8.32. The maximum absolute atomic E-state index is 10.7. The molecule has 1 aliphatic carbocycles. The monoisotopic (exact) mass is 154 g/mol. The zero-order valence-corrected chi connectivity index (χ0v) is 7.04. The molecule has 0 aromatic rings. The number of carbonyl (C=O) groups excluding carboxylic acids is 1. The summed E-state index contributed by atoms with van der Waals surface area (Å²) < 4.78 is 5.18. The minimum Gasteiger partial charge on any atom is -0.376 e. The third kappa shape index (κ3) is 1.51. The summed E-state index contributed by atoms with van der Waals surface area (Å²) >= 11 is 0. The van der Waals surface area contributed by atoms with E-state index in [0.717, 1.165) is 19.1 Å². The lowest BCUT2D eigenvalue weighted by molar-refractivity contribution is -0.121. The predicted molar refractivity (Wildman–Crippen MR) is 43.3 cm³/mol. The number of allylic oxidation sites excluding steroid dienone is 1. The van der Waals surface area contributed by atoms with Crippen LogP contribution in [-0.2, 0) is 9.53 Å². The smallest absolute Gasteiger partial charge is 0.128 e. The van der Waals surface area contributed by atoms with Crippen molar-refractivity contribution in [3.8, 4) is 0 Å². The van der Waals surface area contributed by atoms with Crippen LogP contribution in [0.5, 0.6) is 0 Å². The fourth-order valence-electron chi connectivity index (χ4n) is 1.45. The fraction of sp³-hybridized carbons (Fsp3) is 0.667. The van der Waals surface area contributed by atoms with Crippen LogP contribution in [0, 0.1) is 5.41 Å². The Morgan fingerprint density at radius 3 is 2.91 bits per heavy atom. The first-order valence-corrected chi connectivity index (χ1v) is 3.89. The van der Waals surface area contributed by atoms with Gasteiger partial charge in [-0.2, -0.15) is 0 Å². The molecule has 0 unspecified atom stereocenters. The fourth-order valence-corrected chi connectivity index (χ4v) is 1.45. The van der Waals surface area contributed by atoms with E-state index in [2.05, 4.69) is 6.08 Å². The second kappa shape index (κ2) is 3.18. The second-order valence-corrected chi connectivity index (χ2v) is 3.25. The van der Waals surface area contributed by atoms with E-state index >= 15 is 0 Å². The quantitative estimate of drug-likeness (QED) is 0.445. The average Bonchev–Trinajstić information content (AvgIpc) is 2.05. The Labute approximate surface area is 67.2 Å². The van der Waals surface area contributed by atoms with Crippen LogP contribution in [0.4, 0.5) is 0 Å². The molecule has 0 heterocycles. The third-order valence-electron chi connectivity index (χ3n) is 2.33. The van der Waals surface area contributed by atoms with Crippen LogP contribution in [-0.4, -0.2) is 19.5 Å². The van der Waals surface area contributed by atoms with Crippen LogP contribution in [0.1, 0.15) is 19.8 Å². The lowest BCUT2D eigenvalue weighted by atomic mass is 9.78. The Kier molecular flexibility index (Phi) is 2.45. The first-order valence-electron chi connectivity index (χ1n) is 3.89. The minimum atomic E-state index is -0.302. The summed E-state index contributed by atoms with van der Waals surface area (Å²) in [7, 11) is 1.64. The summed E-state index contributed by atoms with van der Waals surface area (Å²) in [6, 6.07) is 0. The molecular formula is C9H14O2. The van der Waals surface area contributed by atoms with E-state index in [4.69, 9.17) is 4.74 Å². The van der Waals surface area contributed by atoms with E-state index < -0.39 is 0 Å². The van der Waals surface area contributed by atoms with Crippen molar-refractivity contribution in [2.45, 2.75) is 25.9 Å². The molecule has 0 saturated carbocycles. The lowest BCUT2D eigenvalue weighted by Gasteiger charge is -2.32. The Bertz CT molecular complexity index is 174. The molecule has 0 amide bonds. The maximum Gasteiger partial charge on any atom is 0.128 e. The molecule has 0 bridgehead atoms. The van der Waals surface area contributed by atoms with Gasteiger partial charge in [0.05, 0.1) is 11.5 Å². The van der Waals surface area contributed by atoms with Gasteiger partial charge in [0.1, 0.15) is 6.29 Å². The SMILES string of the molecule is CO[C@H]1C=CCC[C@]1(C)C=O. The summed E-state index contributed by atoms with van der Waals surface area (Å²) in [4.78, 5) is 10.7. The molecule has 0 fully saturated rings. The number of ether oxygens (including phenoxy) is 1. The molecule has 0 saturated heterocycles. The van der Waals surface area contributed by atoms with Crippen molar-refractivity contribution >= 4 is 6.29 Å². The third-order valence-corrected chi connectivity index (χ3v) is 2.33. The molecule has 0 spiro atoms. The Morgan fingerprint density at radius 2 is 2.45 bits per heavy atom. The van der Waals surface area contributed by atoms with Gasteiger partial charge in [-0.05, 0) is 12.8 Å². The van der Waals surface area contributed by atoms with Crippen LogP contribution in [0.25, 0.3) is 0 Å². The Hall–Kier alpha value is -0.630. The van der Waals surface area contributed by atoms with Gasteiger partial charge < -0.3 is 9.53 Å². The van der Waals surface area contributed by atoms with Crippen LogP contribution in [0.3, 0.4) is 0 Å². The first kappa shape index (κ1) is 8.47.